The molecule has 1 heterocycles. The third-order valence-electron chi connectivity index (χ3n) is 2.75. The quantitative estimate of drug-likeness (QED) is 0.832. The van der Waals surface area contributed by atoms with Gasteiger partial charge in [-0.2, -0.15) is 5.26 Å². The van der Waals surface area contributed by atoms with Crippen LogP contribution in [-0.4, -0.2) is 6.54 Å². The highest BCUT2D eigenvalue weighted by Crippen LogP contribution is 2.25. The molecule has 0 spiro atoms. The number of hydrogen-bond donors (Lipinski definition) is 0. The molecule has 0 atom stereocenters. The number of rotatable bonds is 4. The highest BCUT2D eigenvalue weighted by atomic mass is 35.5. The van der Waals surface area contributed by atoms with E-state index >= 15 is 0 Å². The molecule has 4 heteroatoms. The van der Waals surface area contributed by atoms with Gasteiger partial charge in [-0.1, -0.05) is 17.7 Å². The fourth-order valence-electron chi connectivity index (χ4n) is 1.77. The number of hydrogen-bond acceptors (Lipinski definition) is 3. The fraction of sp³-hybridized carbons (Fsp3) is 0.214. The van der Waals surface area contributed by atoms with Gasteiger partial charge in [-0.05, 0) is 36.6 Å². The van der Waals surface area contributed by atoms with Gasteiger partial charge in [0.25, 0.3) is 0 Å². The molecule has 0 unspecified atom stereocenters. The molecule has 0 amide bonds. The predicted octanol–water partition coefficient (Wildman–Crippen LogP) is 4.30. The molecule has 2 nitrogen and oxygen atoms in total. The Bertz CT molecular complexity index is 558. The van der Waals surface area contributed by atoms with E-state index in [0.29, 0.717) is 10.6 Å². The van der Waals surface area contributed by atoms with E-state index in [1.165, 1.54) is 4.88 Å². The lowest BCUT2D eigenvalue weighted by Gasteiger charge is -2.22. The molecule has 2 rings (SSSR count). The van der Waals surface area contributed by atoms with Gasteiger partial charge in [-0.15, -0.1) is 11.3 Å². The number of nitrogens with zero attached hydrogens (tertiary/aromatic N) is 2. The molecule has 0 N–H and O–H groups in total. The van der Waals surface area contributed by atoms with Gasteiger partial charge in [0, 0.05) is 17.1 Å². The van der Waals surface area contributed by atoms with E-state index in [9.17, 15) is 0 Å². The first-order valence-corrected chi connectivity index (χ1v) is 6.97. The van der Waals surface area contributed by atoms with Crippen LogP contribution < -0.4 is 4.90 Å². The summed E-state index contributed by atoms with van der Waals surface area (Å²) >= 11 is 7.81. The van der Waals surface area contributed by atoms with E-state index < -0.39 is 0 Å². The lowest BCUT2D eigenvalue weighted by Crippen LogP contribution is -2.21. The van der Waals surface area contributed by atoms with Crippen LogP contribution in [0.25, 0.3) is 0 Å². The molecule has 0 saturated carbocycles. The maximum absolute atomic E-state index is 8.87. The van der Waals surface area contributed by atoms with Crippen LogP contribution in [-0.2, 0) is 6.54 Å². The minimum atomic E-state index is 0.514. The van der Waals surface area contributed by atoms with E-state index in [1.54, 1.807) is 17.4 Å². The van der Waals surface area contributed by atoms with Gasteiger partial charge in [0.1, 0.15) is 6.07 Å². The summed E-state index contributed by atoms with van der Waals surface area (Å²) in [5.74, 6) is 0. The van der Waals surface area contributed by atoms with Gasteiger partial charge >= 0.3 is 0 Å². The molecule has 0 aliphatic carbocycles. The lowest BCUT2D eigenvalue weighted by atomic mass is 10.2. The summed E-state index contributed by atoms with van der Waals surface area (Å²) in [6, 6.07) is 11.8. The molecule has 0 fully saturated rings. The number of anilines is 1. The van der Waals surface area contributed by atoms with Gasteiger partial charge in [0.2, 0.25) is 0 Å². The Labute approximate surface area is 116 Å². The fourth-order valence-corrected chi connectivity index (χ4v) is 2.70. The minimum absolute atomic E-state index is 0.514. The van der Waals surface area contributed by atoms with E-state index in [2.05, 4.69) is 35.4 Å². The molecule has 0 radical (unpaired) electrons. The van der Waals surface area contributed by atoms with Crippen LogP contribution in [0.2, 0.25) is 5.02 Å². The predicted molar refractivity (Wildman–Crippen MR) is 77.2 cm³/mol. The van der Waals surface area contributed by atoms with E-state index in [1.807, 2.05) is 12.1 Å². The highest BCUT2D eigenvalue weighted by molar-refractivity contribution is 7.09. The van der Waals surface area contributed by atoms with Crippen molar-refractivity contribution >= 4 is 28.6 Å². The maximum Gasteiger partial charge on any atom is 0.101 e. The van der Waals surface area contributed by atoms with Crippen molar-refractivity contribution < 1.29 is 0 Å². The zero-order valence-electron chi connectivity index (χ0n) is 10.1. The molecule has 1 aromatic carbocycles. The second-order valence-corrected chi connectivity index (χ2v) is 5.31. The van der Waals surface area contributed by atoms with Crippen LogP contribution in [0.5, 0.6) is 0 Å². The Morgan fingerprint density at radius 2 is 2.22 bits per heavy atom. The molecule has 0 bridgehead atoms. The smallest absolute Gasteiger partial charge is 0.101 e. The van der Waals surface area contributed by atoms with Crippen molar-refractivity contribution in [2.24, 2.45) is 0 Å². The highest BCUT2D eigenvalue weighted by Gasteiger charge is 2.08. The van der Waals surface area contributed by atoms with Crippen LogP contribution in [0.4, 0.5) is 5.69 Å². The first-order chi connectivity index (χ1) is 8.74. The largest absolute Gasteiger partial charge is 0.367 e. The topological polar surface area (TPSA) is 27.0 Å². The molecular weight excluding hydrogens is 264 g/mol. The summed E-state index contributed by atoms with van der Waals surface area (Å²) in [6.45, 7) is 3.89. The van der Waals surface area contributed by atoms with Gasteiger partial charge in [-0.25, -0.2) is 0 Å². The number of thiophene rings is 1. The van der Waals surface area contributed by atoms with Crippen LogP contribution in [0.15, 0.2) is 35.7 Å². The Morgan fingerprint density at radius 1 is 1.39 bits per heavy atom. The average Bonchev–Trinajstić information content (AvgIpc) is 2.88. The number of benzene rings is 1. The third-order valence-corrected chi connectivity index (χ3v) is 3.92. The summed E-state index contributed by atoms with van der Waals surface area (Å²) in [5, 5.41) is 11.5. The molecule has 1 aromatic heterocycles. The van der Waals surface area contributed by atoms with E-state index in [-0.39, 0.29) is 0 Å². The Balaban J connectivity index is 2.23. The Kier molecular flexibility index (Phi) is 4.24. The zero-order chi connectivity index (χ0) is 13.0. The van der Waals surface area contributed by atoms with Gasteiger partial charge < -0.3 is 4.90 Å². The molecule has 92 valence electrons. The van der Waals surface area contributed by atoms with Crippen LogP contribution >= 0.6 is 22.9 Å². The SMILES string of the molecule is CCN(Cc1cccs1)c1ccc(C#N)c(Cl)c1. The van der Waals surface area contributed by atoms with Crippen molar-refractivity contribution in [2.45, 2.75) is 13.5 Å². The summed E-state index contributed by atoms with van der Waals surface area (Å²) in [5.41, 5.74) is 1.57. The molecule has 18 heavy (non-hydrogen) atoms. The average molecular weight is 277 g/mol. The minimum Gasteiger partial charge on any atom is -0.367 e. The standard InChI is InChI=1S/C14H13ClN2S/c1-2-17(10-13-4-3-7-18-13)12-6-5-11(9-16)14(15)8-12/h3-8H,2,10H2,1H3. The summed E-state index contributed by atoms with van der Waals surface area (Å²) < 4.78 is 0. The maximum atomic E-state index is 8.87. The van der Waals surface area contributed by atoms with Gasteiger partial charge in [-0.3, -0.25) is 0 Å². The molecular formula is C14H13ClN2S. The molecule has 2 aromatic rings. The van der Waals surface area contributed by atoms with Gasteiger partial charge in [0.05, 0.1) is 17.1 Å². The first-order valence-electron chi connectivity index (χ1n) is 5.71. The third kappa shape index (κ3) is 2.84. The number of nitriles is 1. The monoisotopic (exact) mass is 276 g/mol. The normalized spacial score (nSPS) is 10.1. The van der Waals surface area contributed by atoms with E-state index in [0.717, 1.165) is 18.8 Å². The summed E-state index contributed by atoms with van der Waals surface area (Å²) in [7, 11) is 0. The van der Waals surface area contributed by atoms with Gasteiger partial charge in [0.15, 0.2) is 0 Å². The van der Waals surface area contributed by atoms with Crippen LogP contribution in [0.3, 0.4) is 0 Å². The second kappa shape index (κ2) is 5.90. The summed E-state index contributed by atoms with van der Waals surface area (Å²) in [6.07, 6.45) is 0. The Hall–Kier alpha value is -1.50. The van der Waals surface area contributed by atoms with Crippen molar-refractivity contribution in [3.05, 3.63) is 51.2 Å². The molecule has 0 saturated heterocycles. The molecule has 0 aliphatic heterocycles. The Morgan fingerprint density at radius 3 is 2.78 bits per heavy atom. The van der Waals surface area contributed by atoms with Crippen molar-refractivity contribution in [1.82, 2.24) is 0 Å². The number of halogens is 1. The summed E-state index contributed by atoms with van der Waals surface area (Å²) in [4.78, 5) is 3.55. The van der Waals surface area contributed by atoms with Crippen LogP contribution in [0.1, 0.15) is 17.4 Å². The second-order valence-electron chi connectivity index (χ2n) is 3.87. The van der Waals surface area contributed by atoms with Crippen molar-refractivity contribution in [3.8, 4) is 6.07 Å². The first kappa shape index (κ1) is 12.9. The molecule has 0 aliphatic rings. The zero-order valence-corrected chi connectivity index (χ0v) is 11.6. The van der Waals surface area contributed by atoms with Crippen molar-refractivity contribution in [1.29, 1.82) is 5.26 Å². The van der Waals surface area contributed by atoms with Crippen LogP contribution in [0, 0.1) is 11.3 Å². The van der Waals surface area contributed by atoms with E-state index in [4.69, 9.17) is 16.9 Å². The lowest BCUT2D eigenvalue weighted by molar-refractivity contribution is 0.842. The van der Waals surface area contributed by atoms with Crippen molar-refractivity contribution in [3.63, 3.8) is 0 Å². The van der Waals surface area contributed by atoms with Crippen molar-refractivity contribution in [2.75, 3.05) is 11.4 Å².